The molecule has 3 rings (SSSR count). The van der Waals surface area contributed by atoms with Crippen molar-refractivity contribution in [2.45, 2.75) is 0 Å². The van der Waals surface area contributed by atoms with Crippen LogP contribution in [-0.2, 0) is 0 Å². The fourth-order valence-electron chi connectivity index (χ4n) is 2.06. The quantitative estimate of drug-likeness (QED) is 0.588. The molecule has 3 aromatic rings. The maximum absolute atomic E-state index is 9.97. The zero-order valence-corrected chi connectivity index (χ0v) is 12.8. The molecule has 0 fully saturated rings. The number of hydrogen-bond acceptors (Lipinski definition) is 2. The summed E-state index contributed by atoms with van der Waals surface area (Å²) in [5.41, 5.74) is 1.93. The lowest BCUT2D eigenvalue weighted by Crippen LogP contribution is -1.79. The SMILES string of the molecule is Oc1[nH]c2cc(Cl)ccc2c1C=Nc1cc(Cl)cc(Cl)c1. The Morgan fingerprint density at radius 3 is 2.38 bits per heavy atom. The lowest BCUT2D eigenvalue weighted by atomic mass is 10.2. The number of halogens is 3. The molecule has 0 bridgehead atoms. The molecule has 21 heavy (non-hydrogen) atoms. The summed E-state index contributed by atoms with van der Waals surface area (Å²) in [6, 6.07) is 10.3. The molecular formula is C15H9Cl3N2O. The topological polar surface area (TPSA) is 48.4 Å². The Balaban J connectivity index is 2.05. The molecule has 0 aliphatic rings. The third-order valence-corrected chi connectivity index (χ3v) is 3.64. The van der Waals surface area contributed by atoms with Gasteiger partial charge in [-0.15, -0.1) is 0 Å². The predicted molar refractivity (Wildman–Crippen MR) is 88.7 cm³/mol. The first-order chi connectivity index (χ1) is 10.0. The van der Waals surface area contributed by atoms with Gasteiger partial charge in [-0.2, -0.15) is 0 Å². The Labute approximate surface area is 135 Å². The molecule has 0 amide bonds. The molecule has 6 heteroatoms. The molecule has 0 spiro atoms. The highest BCUT2D eigenvalue weighted by Gasteiger charge is 2.09. The Kier molecular flexibility index (Phi) is 3.81. The number of aromatic nitrogens is 1. The second-order valence-electron chi connectivity index (χ2n) is 4.46. The minimum atomic E-state index is 0.0316. The second kappa shape index (κ2) is 5.60. The summed E-state index contributed by atoms with van der Waals surface area (Å²) in [4.78, 5) is 7.15. The minimum Gasteiger partial charge on any atom is -0.494 e. The third-order valence-electron chi connectivity index (χ3n) is 2.97. The van der Waals surface area contributed by atoms with Gasteiger partial charge in [-0.05, 0) is 30.3 Å². The molecule has 1 aromatic heterocycles. The van der Waals surface area contributed by atoms with Gasteiger partial charge < -0.3 is 10.1 Å². The van der Waals surface area contributed by atoms with Crippen molar-refractivity contribution < 1.29 is 5.11 Å². The number of rotatable bonds is 2. The summed E-state index contributed by atoms with van der Waals surface area (Å²) in [6.45, 7) is 0. The largest absolute Gasteiger partial charge is 0.494 e. The third kappa shape index (κ3) is 3.00. The molecule has 0 aliphatic carbocycles. The van der Waals surface area contributed by atoms with E-state index in [1.807, 2.05) is 6.07 Å². The number of aliphatic imine (C=N–C) groups is 1. The summed E-state index contributed by atoms with van der Waals surface area (Å²) in [7, 11) is 0. The van der Waals surface area contributed by atoms with Crippen LogP contribution < -0.4 is 0 Å². The maximum atomic E-state index is 9.97. The highest BCUT2D eigenvalue weighted by Crippen LogP contribution is 2.29. The molecule has 2 N–H and O–H groups in total. The van der Waals surface area contributed by atoms with Gasteiger partial charge in [-0.1, -0.05) is 40.9 Å². The molecule has 0 saturated carbocycles. The lowest BCUT2D eigenvalue weighted by molar-refractivity contribution is 0.457. The Hall–Kier alpha value is -1.68. The van der Waals surface area contributed by atoms with Crippen molar-refractivity contribution in [2.75, 3.05) is 0 Å². The van der Waals surface area contributed by atoms with Crippen LogP contribution in [0.25, 0.3) is 10.9 Å². The van der Waals surface area contributed by atoms with E-state index in [0.717, 1.165) is 10.9 Å². The first-order valence-electron chi connectivity index (χ1n) is 6.03. The highest BCUT2D eigenvalue weighted by atomic mass is 35.5. The molecule has 2 aromatic carbocycles. The van der Waals surface area contributed by atoms with Gasteiger partial charge in [-0.3, -0.25) is 4.99 Å². The molecule has 106 valence electrons. The van der Waals surface area contributed by atoms with Crippen molar-refractivity contribution in [3.8, 4) is 5.88 Å². The molecule has 1 heterocycles. The van der Waals surface area contributed by atoms with Crippen molar-refractivity contribution in [1.29, 1.82) is 0 Å². The maximum Gasteiger partial charge on any atom is 0.198 e. The number of aromatic hydroxyl groups is 1. The van der Waals surface area contributed by atoms with E-state index in [1.54, 1.807) is 36.5 Å². The summed E-state index contributed by atoms with van der Waals surface area (Å²) in [5, 5.41) is 12.4. The molecule has 0 radical (unpaired) electrons. The molecule has 0 saturated heterocycles. The van der Waals surface area contributed by atoms with Gasteiger partial charge in [0.25, 0.3) is 0 Å². The van der Waals surface area contributed by atoms with Gasteiger partial charge in [0.05, 0.1) is 16.8 Å². The monoisotopic (exact) mass is 338 g/mol. The van der Waals surface area contributed by atoms with Crippen molar-refractivity contribution in [1.82, 2.24) is 4.98 Å². The van der Waals surface area contributed by atoms with Crippen molar-refractivity contribution in [2.24, 2.45) is 4.99 Å². The molecule has 0 unspecified atom stereocenters. The van der Waals surface area contributed by atoms with Crippen LogP contribution in [0.3, 0.4) is 0 Å². The Morgan fingerprint density at radius 2 is 1.67 bits per heavy atom. The van der Waals surface area contributed by atoms with E-state index in [2.05, 4.69) is 9.98 Å². The molecular weight excluding hydrogens is 331 g/mol. The van der Waals surface area contributed by atoms with E-state index in [-0.39, 0.29) is 5.88 Å². The minimum absolute atomic E-state index is 0.0316. The van der Waals surface area contributed by atoms with E-state index in [0.29, 0.717) is 26.3 Å². The standard InChI is InChI=1S/C15H9Cl3N2O/c16-8-1-2-12-13(15(21)20-14(12)6-8)7-19-11-4-9(17)3-10(18)5-11/h1-7,20-21H. The molecule has 3 nitrogen and oxygen atoms in total. The summed E-state index contributed by atoms with van der Waals surface area (Å²) >= 11 is 17.8. The van der Waals surface area contributed by atoms with E-state index < -0.39 is 0 Å². The Bertz CT molecular complexity index is 835. The van der Waals surface area contributed by atoms with Crippen LogP contribution >= 0.6 is 34.8 Å². The zero-order valence-electron chi connectivity index (χ0n) is 10.6. The van der Waals surface area contributed by atoms with Crippen molar-refractivity contribution in [3.05, 3.63) is 57.0 Å². The molecule has 0 aliphatic heterocycles. The summed E-state index contributed by atoms with van der Waals surface area (Å²) in [5.74, 6) is 0.0316. The Morgan fingerprint density at radius 1 is 0.952 bits per heavy atom. The van der Waals surface area contributed by atoms with Crippen molar-refractivity contribution in [3.63, 3.8) is 0 Å². The fourth-order valence-corrected chi connectivity index (χ4v) is 2.75. The predicted octanol–water partition coefficient (Wildman–Crippen LogP) is 5.58. The number of H-pyrrole nitrogens is 1. The number of hydrogen-bond donors (Lipinski definition) is 2. The van der Waals surface area contributed by atoms with Gasteiger partial charge in [0.2, 0.25) is 0 Å². The zero-order chi connectivity index (χ0) is 15.0. The van der Waals surface area contributed by atoms with Gasteiger partial charge in [0, 0.05) is 26.7 Å². The van der Waals surface area contributed by atoms with Gasteiger partial charge >= 0.3 is 0 Å². The average Bonchev–Trinajstić information content (AvgIpc) is 2.70. The van der Waals surface area contributed by atoms with Crippen molar-refractivity contribution >= 4 is 57.6 Å². The van der Waals surface area contributed by atoms with Crippen LogP contribution in [0.1, 0.15) is 5.56 Å². The van der Waals surface area contributed by atoms with E-state index in [1.165, 1.54) is 0 Å². The lowest BCUT2D eigenvalue weighted by Gasteiger charge is -1.97. The number of benzene rings is 2. The van der Waals surface area contributed by atoms with Gasteiger partial charge in [0.1, 0.15) is 0 Å². The van der Waals surface area contributed by atoms with Crippen LogP contribution in [0.15, 0.2) is 41.4 Å². The van der Waals surface area contributed by atoms with E-state index >= 15 is 0 Å². The highest BCUT2D eigenvalue weighted by molar-refractivity contribution is 6.35. The normalized spacial score (nSPS) is 11.6. The van der Waals surface area contributed by atoms with Crippen LogP contribution in [0.5, 0.6) is 5.88 Å². The number of nitrogens with one attached hydrogen (secondary N) is 1. The first kappa shape index (κ1) is 14.3. The smallest absolute Gasteiger partial charge is 0.198 e. The van der Waals surface area contributed by atoms with Gasteiger partial charge in [0.15, 0.2) is 5.88 Å². The second-order valence-corrected chi connectivity index (χ2v) is 5.77. The summed E-state index contributed by atoms with van der Waals surface area (Å²) < 4.78 is 0. The number of nitrogens with zero attached hydrogens (tertiary/aromatic N) is 1. The van der Waals surface area contributed by atoms with Crippen LogP contribution in [0.2, 0.25) is 15.1 Å². The van der Waals surface area contributed by atoms with E-state index in [4.69, 9.17) is 34.8 Å². The fraction of sp³-hybridized carbons (Fsp3) is 0. The number of fused-ring (bicyclic) bond motifs is 1. The average molecular weight is 340 g/mol. The van der Waals surface area contributed by atoms with Crippen LogP contribution in [0.4, 0.5) is 5.69 Å². The van der Waals surface area contributed by atoms with E-state index in [9.17, 15) is 5.11 Å². The first-order valence-corrected chi connectivity index (χ1v) is 7.17. The summed E-state index contributed by atoms with van der Waals surface area (Å²) in [6.07, 6.45) is 1.56. The van der Waals surface area contributed by atoms with Gasteiger partial charge in [-0.25, -0.2) is 0 Å². The van der Waals surface area contributed by atoms with Crippen LogP contribution in [-0.4, -0.2) is 16.3 Å². The molecule has 0 atom stereocenters. The van der Waals surface area contributed by atoms with Crippen LogP contribution in [0, 0.1) is 0 Å². The number of aromatic amines is 1.